The van der Waals surface area contributed by atoms with Crippen molar-refractivity contribution < 1.29 is 13.7 Å². The van der Waals surface area contributed by atoms with Crippen LogP contribution in [0.3, 0.4) is 0 Å². The van der Waals surface area contributed by atoms with Gasteiger partial charge in [0.15, 0.2) is 5.82 Å². The Morgan fingerprint density at radius 2 is 1.93 bits per heavy atom. The number of rotatable bonds is 5. The lowest BCUT2D eigenvalue weighted by Crippen LogP contribution is -2.06. The van der Waals surface area contributed by atoms with Crippen LogP contribution in [0.4, 0.5) is 4.39 Å². The average Bonchev–Trinajstić information content (AvgIpc) is 3.88. The number of hydrogen-bond acceptors (Lipinski definition) is 5. The minimum atomic E-state index is -0.604. The quantitative estimate of drug-likeness (QED) is 0.261. The van der Waals surface area contributed by atoms with E-state index in [1.165, 1.54) is 12.1 Å². The fraction of sp³-hybridized carbons (Fsp3) is 0.258. The zero-order valence-corrected chi connectivity index (χ0v) is 22.2. The molecule has 1 aliphatic heterocycles. The minimum Gasteiger partial charge on any atom is -0.488 e. The van der Waals surface area contributed by atoms with Crippen molar-refractivity contribution in [2.45, 2.75) is 44.8 Å². The molecular weight excluding hydrogens is 531 g/mol. The highest BCUT2D eigenvalue weighted by atomic mass is 35.5. The van der Waals surface area contributed by atoms with Crippen molar-refractivity contribution in [3.8, 4) is 5.75 Å². The molecule has 7 nitrogen and oxygen atoms in total. The van der Waals surface area contributed by atoms with Crippen LogP contribution >= 0.6 is 11.6 Å². The van der Waals surface area contributed by atoms with Gasteiger partial charge in [-0.05, 0) is 78.6 Å². The summed E-state index contributed by atoms with van der Waals surface area (Å²) in [5, 5.41) is 4.70. The van der Waals surface area contributed by atoms with Gasteiger partial charge in [-0.2, -0.15) is 0 Å². The third-order valence-corrected chi connectivity index (χ3v) is 8.33. The zero-order valence-electron chi connectivity index (χ0n) is 21.4. The number of hydrogen-bond donors (Lipinski definition) is 1. The van der Waals surface area contributed by atoms with Crippen LogP contribution < -0.4 is 10.5 Å². The van der Waals surface area contributed by atoms with Crippen molar-refractivity contribution in [3.05, 3.63) is 110 Å². The van der Waals surface area contributed by atoms with E-state index >= 15 is 0 Å². The molecule has 3 heterocycles. The molecule has 0 bridgehead atoms. The fourth-order valence-corrected chi connectivity index (χ4v) is 6.10. The summed E-state index contributed by atoms with van der Waals surface area (Å²) in [5.41, 5.74) is 7.46. The number of imidazole rings is 1. The van der Waals surface area contributed by atoms with Gasteiger partial charge in [0, 0.05) is 35.2 Å². The molecule has 2 saturated carbocycles. The maximum absolute atomic E-state index is 14.3. The molecule has 9 heteroatoms. The molecule has 3 aliphatic rings. The predicted octanol–water partition coefficient (Wildman–Crippen LogP) is 6.69. The first kappa shape index (κ1) is 23.7. The fourth-order valence-electron chi connectivity index (χ4n) is 5.89. The van der Waals surface area contributed by atoms with E-state index in [1.807, 2.05) is 12.1 Å². The van der Waals surface area contributed by atoms with Gasteiger partial charge in [0.1, 0.15) is 29.5 Å². The Morgan fingerprint density at radius 3 is 2.70 bits per heavy atom. The number of nitrogens with one attached hydrogen (secondary N) is 1. The molecule has 2 aromatic heterocycles. The highest BCUT2D eigenvalue weighted by Crippen LogP contribution is 2.50. The first-order chi connectivity index (χ1) is 19.5. The summed E-state index contributed by atoms with van der Waals surface area (Å²) < 4.78 is 27.7. The molecule has 2 aliphatic carbocycles. The van der Waals surface area contributed by atoms with Gasteiger partial charge in [0.05, 0.1) is 10.5 Å². The Hall–Kier alpha value is -4.17. The van der Waals surface area contributed by atoms with Crippen LogP contribution in [0, 0.1) is 11.7 Å². The summed E-state index contributed by atoms with van der Waals surface area (Å²) in [4.78, 5) is 19.6. The highest BCUT2D eigenvalue weighted by molar-refractivity contribution is 6.34. The van der Waals surface area contributed by atoms with E-state index in [9.17, 15) is 9.18 Å². The smallest absolute Gasteiger partial charge is 0.439 e. The maximum atomic E-state index is 14.3. The normalized spacial score (nSPS) is 17.8. The number of nitrogens with zero attached hydrogens (tertiary/aromatic N) is 3. The highest BCUT2D eigenvalue weighted by Gasteiger charge is 2.35. The van der Waals surface area contributed by atoms with E-state index in [-0.39, 0.29) is 18.3 Å². The number of benzene rings is 3. The monoisotopic (exact) mass is 554 g/mol. The van der Waals surface area contributed by atoms with Gasteiger partial charge < -0.3 is 9.30 Å². The molecule has 2 fully saturated rings. The van der Waals surface area contributed by atoms with Crippen molar-refractivity contribution in [1.82, 2.24) is 19.7 Å². The van der Waals surface area contributed by atoms with Gasteiger partial charge in [0.25, 0.3) is 0 Å². The van der Waals surface area contributed by atoms with Crippen LogP contribution in [0.1, 0.15) is 65.5 Å². The molecule has 8 rings (SSSR count). The van der Waals surface area contributed by atoms with Gasteiger partial charge in [-0.15, -0.1) is 0 Å². The van der Waals surface area contributed by atoms with Crippen LogP contribution in [-0.4, -0.2) is 19.7 Å². The summed E-state index contributed by atoms with van der Waals surface area (Å²) in [6.07, 6.45) is 4.21. The summed E-state index contributed by atoms with van der Waals surface area (Å²) >= 11 is 6.51. The van der Waals surface area contributed by atoms with Crippen LogP contribution in [-0.2, 0) is 13.2 Å². The number of aromatic nitrogens is 4. The second-order valence-corrected chi connectivity index (χ2v) is 11.3. The second-order valence-electron chi connectivity index (χ2n) is 10.9. The predicted molar refractivity (Wildman–Crippen MR) is 149 cm³/mol. The molecular formula is C31H24ClFN4O3. The number of para-hydroxylation sites is 1. The zero-order chi connectivity index (χ0) is 27.0. The Morgan fingerprint density at radius 1 is 1.07 bits per heavy atom. The Kier molecular flexibility index (Phi) is 5.29. The van der Waals surface area contributed by atoms with E-state index in [4.69, 9.17) is 25.8 Å². The molecule has 40 heavy (non-hydrogen) atoms. The number of halogens is 2. The summed E-state index contributed by atoms with van der Waals surface area (Å²) in [5.74, 6) is 1.63. The molecule has 0 amide bonds. The summed E-state index contributed by atoms with van der Waals surface area (Å²) in [7, 11) is 0. The number of H-pyrrole nitrogens is 1. The van der Waals surface area contributed by atoms with Gasteiger partial charge in [-0.1, -0.05) is 35.0 Å². The average molecular weight is 555 g/mol. The Labute approximate surface area is 233 Å². The number of aromatic amines is 1. The van der Waals surface area contributed by atoms with Crippen molar-refractivity contribution in [2.75, 3.05) is 0 Å². The van der Waals surface area contributed by atoms with E-state index < -0.39 is 5.76 Å². The Balaban J connectivity index is 1.29. The standard InChI is InChI=1S/C31H24ClFN4O3/c32-23-2-1-3-24-28(23)34-30(18-7-8-18)37(24)14-16-4-10-21-19(12-16)15-39-25-13-20(33)9-11-22(25)27(21)26(17-5-6-17)29-35-31(38)40-36-29/h1-4,9-13,17-18H,5-8,14-15H2,(H,35,36,38). The van der Waals surface area contributed by atoms with E-state index in [0.29, 0.717) is 29.1 Å². The van der Waals surface area contributed by atoms with Crippen molar-refractivity contribution in [2.24, 2.45) is 5.92 Å². The molecule has 1 N–H and O–H groups in total. The van der Waals surface area contributed by atoms with Gasteiger partial charge in [-0.3, -0.25) is 9.51 Å². The third-order valence-electron chi connectivity index (χ3n) is 8.03. The Bertz CT molecular complexity index is 1910. The molecule has 0 radical (unpaired) electrons. The summed E-state index contributed by atoms with van der Waals surface area (Å²) in [6.45, 7) is 0.922. The topological polar surface area (TPSA) is 85.9 Å². The lowest BCUT2D eigenvalue weighted by molar-refractivity contribution is 0.305. The molecule has 0 spiro atoms. The van der Waals surface area contributed by atoms with Crippen LogP contribution in [0.15, 0.2) is 63.9 Å². The summed E-state index contributed by atoms with van der Waals surface area (Å²) in [6, 6.07) is 16.9. The largest absolute Gasteiger partial charge is 0.488 e. The van der Waals surface area contributed by atoms with Crippen LogP contribution in [0.25, 0.3) is 22.2 Å². The second kappa shape index (κ2) is 8.93. The first-order valence-corrected chi connectivity index (χ1v) is 13.9. The molecule has 0 unspecified atom stereocenters. The molecule has 200 valence electrons. The van der Waals surface area contributed by atoms with E-state index in [2.05, 4.69) is 39.0 Å². The first-order valence-electron chi connectivity index (χ1n) is 13.5. The van der Waals surface area contributed by atoms with Crippen molar-refractivity contribution in [3.63, 3.8) is 0 Å². The maximum Gasteiger partial charge on any atom is 0.439 e. The van der Waals surface area contributed by atoms with Crippen LogP contribution in [0.5, 0.6) is 5.75 Å². The number of ether oxygens (including phenoxy) is 1. The van der Waals surface area contributed by atoms with E-state index in [0.717, 1.165) is 75.9 Å². The lowest BCUT2D eigenvalue weighted by atomic mass is 9.87. The third kappa shape index (κ3) is 3.97. The van der Waals surface area contributed by atoms with E-state index in [1.54, 1.807) is 6.07 Å². The number of fused-ring (bicyclic) bond motifs is 3. The minimum absolute atomic E-state index is 0.211. The van der Waals surface area contributed by atoms with Gasteiger partial charge in [0.2, 0.25) is 0 Å². The van der Waals surface area contributed by atoms with Crippen LogP contribution in [0.2, 0.25) is 5.02 Å². The van der Waals surface area contributed by atoms with Crippen molar-refractivity contribution in [1.29, 1.82) is 0 Å². The van der Waals surface area contributed by atoms with Crippen molar-refractivity contribution >= 4 is 33.8 Å². The molecule has 3 aromatic carbocycles. The SMILES string of the molecule is O=c1[nH]c(C(=C2c3ccc(Cn4c(C5CC5)nc5c(Cl)cccc54)cc3COc3cc(F)ccc32)C2CC2)no1. The van der Waals surface area contributed by atoms with Gasteiger partial charge in [-0.25, -0.2) is 14.2 Å². The molecule has 5 aromatic rings. The number of allylic oxidation sites excluding steroid dienone is 1. The lowest BCUT2D eigenvalue weighted by Gasteiger charge is -2.17. The molecule has 0 atom stereocenters. The van der Waals surface area contributed by atoms with Gasteiger partial charge >= 0.3 is 5.76 Å². The molecule has 0 saturated heterocycles.